The Bertz CT molecular complexity index is 641. The van der Waals surface area contributed by atoms with Gasteiger partial charge in [0.15, 0.2) is 11.5 Å². The lowest BCUT2D eigenvalue weighted by atomic mass is 10.3. The average molecular weight is 243 g/mol. The highest BCUT2D eigenvalue weighted by Gasteiger charge is 2.13. The first kappa shape index (κ1) is 11.6. The molecule has 2 aromatic rings. The average Bonchev–Trinajstić information content (AvgIpc) is 2.86. The number of methoxy groups -OCH3 is 1. The molecule has 2 aromatic heterocycles. The van der Waals surface area contributed by atoms with Crippen molar-refractivity contribution in [2.75, 3.05) is 12.8 Å². The lowest BCUT2D eigenvalue weighted by Gasteiger charge is -2.07. The molecule has 2 N–H and O–H groups in total. The van der Waals surface area contributed by atoms with E-state index in [9.17, 15) is 4.79 Å². The maximum absolute atomic E-state index is 11.4. The summed E-state index contributed by atoms with van der Waals surface area (Å²) in [4.78, 5) is 19.3. The number of nitrogens with zero attached hydrogens (tertiary/aromatic N) is 4. The third kappa shape index (κ3) is 1.87. The molecule has 7 heteroatoms. The van der Waals surface area contributed by atoms with Gasteiger partial charge in [-0.3, -0.25) is 4.57 Å². The Morgan fingerprint density at radius 3 is 3.00 bits per heavy atom. The smallest absolute Gasteiger partial charge is 0.356 e. The van der Waals surface area contributed by atoms with Crippen molar-refractivity contribution >= 4 is 11.7 Å². The summed E-state index contributed by atoms with van der Waals surface area (Å²) in [6.07, 6.45) is 2.99. The van der Waals surface area contributed by atoms with Crippen molar-refractivity contribution in [3.8, 4) is 11.9 Å². The highest BCUT2D eigenvalue weighted by atomic mass is 16.5. The quantitative estimate of drug-likeness (QED) is 0.770. The van der Waals surface area contributed by atoms with Gasteiger partial charge in [-0.2, -0.15) is 5.26 Å². The zero-order valence-corrected chi connectivity index (χ0v) is 9.49. The lowest BCUT2D eigenvalue weighted by molar-refractivity contribution is 0.0594. The zero-order chi connectivity index (χ0) is 13.1. The van der Waals surface area contributed by atoms with Crippen molar-refractivity contribution in [2.24, 2.45) is 0 Å². The molecule has 0 spiro atoms. The van der Waals surface area contributed by atoms with E-state index in [4.69, 9.17) is 11.0 Å². The topological polar surface area (TPSA) is 107 Å². The molecule has 0 aliphatic carbocycles. The maximum atomic E-state index is 11.4. The van der Waals surface area contributed by atoms with E-state index < -0.39 is 5.97 Å². The number of carbonyl (C=O) groups is 1. The van der Waals surface area contributed by atoms with Crippen LogP contribution in [0.15, 0.2) is 24.5 Å². The standard InChI is InChI=1S/C11H9N5O2/c1-18-11(17)8-3-2-7(13)10(15-8)16-5-4-14-9(16)6-12/h2-5H,13H2,1H3. The number of aromatic nitrogens is 3. The maximum Gasteiger partial charge on any atom is 0.356 e. The van der Waals surface area contributed by atoms with Crippen LogP contribution >= 0.6 is 0 Å². The van der Waals surface area contributed by atoms with Crippen LogP contribution in [0, 0.1) is 11.3 Å². The minimum Gasteiger partial charge on any atom is -0.464 e. The second-order valence-corrected chi connectivity index (χ2v) is 3.33. The SMILES string of the molecule is COC(=O)c1ccc(N)c(-n2ccnc2C#N)n1. The molecule has 0 bridgehead atoms. The summed E-state index contributed by atoms with van der Waals surface area (Å²) in [7, 11) is 1.26. The first-order valence-corrected chi connectivity index (χ1v) is 4.96. The van der Waals surface area contributed by atoms with Gasteiger partial charge in [0.2, 0.25) is 5.82 Å². The van der Waals surface area contributed by atoms with Crippen LogP contribution in [0.3, 0.4) is 0 Å². The van der Waals surface area contributed by atoms with E-state index in [0.717, 1.165) is 0 Å². The molecule has 2 heterocycles. The summed E-state index contributed by atoms with van der Waals surface area (Å²) < 4.78 is 5.98. The van der Waals surface area contributed by atoms with Gasteiger partial charge < -0.3 is 10.5 Å². The summed E-state index contributed by atoms with van der Waals surface area (Å²) in [5.41, 5.74) is 6.21. The predicted octanol–water partition coefficient (Wildman–Crippen LogP) is 0.508. The van der Waals surface area contributed by atoms with Crippen LogP contribution in [0.25, 0.3) is 5.82 Å². The number of hydrogen-bond acceptors (Lipinski definition) is 6. The molecule has 0 fully saturated rings. The van der Waals surface area contributed by atoms with Gasteiger partial charge in [0.25, 0.3) is 0 Å². The fourth-order valence-electron chi connectivity index (χ4n) is 1.43. The summed E-state index contributed by atoms with van der Waals surface area (Å²) in [5, 5.41) is 8.89. The Balaban J connectivity index is 2.58. The number of ether oxygens (including phenoxy) is 1. The van der Waals surface area contributed by atoms with Gasteiger partial charge in [-0.25, -0.2) is 14.8 Å². The molecule has 0 saturated carbocycles. The minimum atomic E-state index is -0.574. The molecule has 0 aliphatic heterocycles. The summed E-state index contributed by atoms with van der Waals surface area (Å²) in [6.45, 7) is 0. The number of esters is 1. The normalized spacial score (nSPS) is 9.78. The Hall–Kier alpha value is -2.88. The fraction of sp³-hybridized carbons (Fsp3) is 0.0909. The van der Waals surface area contributed by atoms with Crippen molar-refractivity contribution in [1.29, 1.82) is 5.26 Å². The van der Waals surface area contributed by atoms with Gasteiger partial charge >= 0.3 is 5.97 Å². The van der Waals surface area contributed by atoms with Crippen LogP contribution in [0.1, 0.15) is 16.3 Å². The van der Waals surface area contributed by atoms with Crippen molar-refractivity contribution in [1.82, 2.24) is 14.5 Å². The van der Waals surface area contributed by atoms with E-state index in [1.807, 2.05) is 6.07 Å². The van der Waals surface area contributed by atoms with E-state index in [2.05, 4.69) is 14.7 Å². The molecule has 0 amide bonds. The van der Waals surface area contributed by atoms with E-state index in [0.29, 0.717) is 5.69 Å². The van der Waals surface area contributed by atoms with Crippen molar-refractivity contribution in [2.45, 2.75) is 0 Å². The molecule has 0 aliphatic rings. The first-order chi connectivity index (χ1) is 8.67. The van der Waals surface area contributed by atoms with Gasteiger partial charge in [0.1, 0.15) is 6.07 Å². The van der Waals surface area contributed by atoms with E-state index >= 15 is 0 Å². The Labute approximate surface area is 102 Å². The zero-order valence-electron chi connectivity index (χ0n) is 9.49. The number of rotatable bonds is 2. The van der Waals surface area contributed by atoms with Crippen LogP contribution in [0.2, 0.25) is 0 Å². The van der Waals surface area contributed by atoms with Crippen LogP contribution in [0.5, 0.6) is 0 Å². The third-order valence-electron chi connectivity index (χ3n) is 2.27. The van der Waals surface area contributed by atoms with Crippen LogP contribution in [-0.2, 0) is 4.74 Å². The summed E-state index contributed by atoms with van der Waals surface area (Å²) >= 11 is 0. The van der Waals surface area contributed by atoms with Gasteiger partial charge in [0, 0.05) is 12.4 Å². The predicted molar refractivity (Wildman–Crippen MR) is 61.8 cm³/mol. The second kappa shape index (κ2) is 4.55. The Morgan fingerprint density at radius 2 is 2.33 bits per heavy atom. The van der Waals surface area contributed by atoms with Crippen molar-refractivity contribution < 1.29 is 9.53 Å². The molecule has 0 unspecified atom stereocenters. The molecular weight excluding hydrogens is 234 g/mol. The molecule has 0 radical (unpaired) electrons. The number of carbonyl (C=O) groups excluding carboxylic acids is 1. The van der Waals surface area contributed by atoms with Crippen LogP contribution in [-0.4, -0.2) is 27.6 Å². The van der Waals surface area contributed by atoms with Gasteiger partial charge in [0.05, 0.1) is 12.8 Å². The molecule has 0 aromatic carbocycles. The second-order valence-electron chi connectivity index (χ2n) is 3.33. The van der Waals surface area contributed by atoms with E-state index in [-0.39, 0.29) is 17.3 Å². The summed E-state index contributed by atoms with van der Waals surface area (Å²) in [6, 6.07) is 4.88. The molecule has 18 heavy (non-hydrogen) atoms. The lowest BCUT2D eigenvalue weighted by Crippen LogP contribution is -2.10. The monoisotopic (exact) mass is 243 g/mol. The molecular formula is C11H9N5O2. The third-order valence-corrected chi connectivity index (χ3v) is 2.27. The van der Waals surface area contributed by atoms with Gasteiger partial charge in [-0.1, -0.05) is 0 Å². The number of hydrogen-bond donors (Lipinski definition) is 1. The Morgan fingerprint density at radius 1 is 1.56 bits per heavy atom. The number of imidazole rings is 1. The minimum absolute atomic E-state index is 0.110. The number of anilines is 1. The highest BCUT2D eigenvalue weighted by molar-refractivity contribution is 5.88. The van der Waals surface area contributed by atoms with Crippen LogP contribution in [0.4, 0.5) is 5.69 Å². The molecule has 90 valence electrons. The van der Waals surface area contributed by atoms with Gasteiger partial charge in [-0.05, 0) is 12.1 Å². The fourth-order valence-corrected chi connectivity index (χ4v) is 1.43. The molecule has 2 rings (SSSR count). The summed E-state index contributed by atoms with van der Waals surface area (Å²) in [5.74, 6) is -0.168. The van der Waals surface area contributed by atoms with E-state index in [1.54, 1.807) is 0 Å². The van der Waals surface area contributed by atoms with Crippen LogP contribution < -0.4 is 5.73 Å². The first-order valence-electron chi connectivity index (χ1n) is 4.96. The van der Waals surface area contributed by atoms with Crippen molar-refractivity contribution in [3.63, 3.8) is 0 Å². The number of nitrogen functional groups attached to an aromatic ring is 1. The van der Waals surface area contributed by atoms with Gasteiger partial charge in [-0.15, -0.1) is 0 Å². The van der Waals surface area contributed by atoms with Crippen molar-refractivity contribution in [3.05, 3.63) is 36.0 Å². The number of nitrogens with two attached hydrogens (primary N) is 1. The van der Waals surface area contributed by atoms with E-state index in [1.165, 1.54) is 36.2 Å². The highest BCUT2D eigenvalue weighted by Crippen LogP contribution is 2.17. The Kier molecular flexibility index (Phi) is 2.93. The molecule has 7 nitrogen and oxygen atoms in total. The molecule has 0 saturated heterocycles. The molecule has 0 atom stereocenters. The largest absolute Gasteiger partial charge is 0.464 e. The number of nitriles is 1. The number of pyridine rings is 1.